The van der Waals surface area contributed by atoms with Crippen molar-refractivity contribution in [2.24, 2.45) is 5.92 Å². The standard InChI is InChI=1S/C23H31N3O/c1-2-3-7-12-25-22-16-21(17-24-18-22)23(27)26-13-10-20(11-14-26)15-19-8-5-4-6-9-19/h4-6,8-9,16-18,20,25H,2-3,7,10-15H2,1H3. The molecule has 1 aromatic carbocycles. The highest BCUT2D eigenvalue weighted by molar-refractivity contribution is 5.94. The Balaban J connectivity index is 1.50. The molecule has 1 aliphatic heterocycles. The van der Waals surface area contributed by atoms with Crippen LogP contribution in [0, 0.1) is 5.92 Å². The second kappa shape index (κ2) is 10.1. The number of likely N-dealkylation sites (tertiary alicyclic amines) is 1. The molecule has 0 radical (unpaired) electrons. The largest absolute Gasteiger partial charge is 0.384 e. The van der Waals surface area contributed by atoms with E-state index in [1.807, 2.05) is 11.0 Å². The van der Waals surface area contributed by atoms with E-state index in [-0.39, 0.29) is 5.91 Å². The molecule has 1 aliphatic rings. The van der Waals surface area contributed by atoms with Crippen molar-refractivity contribution in [3.05, 3.63) is 59.9 Å². The SMILES string of the molecule is CCCCCNc1cncc(C(=O)N2CCC(Cc3ccccc3)CC2)c1. The summed E-state index contributed by atoms with van der Waals surface area (Å²) in [6.07, 6.45) is 10.3. The van der Waals surface area contributed by atoms with E-state index in [4.69, 9.17) is 0 Å². The van der Waals surface area contributed by atoms with Crippen LogP contribution in [0.15, 0.2) is 48.8 Å². The first-order valence-corrected chi connectivity index (χ1v) is 10.3. The number of amides is 1. The zero-order valence-corrected chi connectivity index (χ0v) is 16.4. The van der Waals surface area contributed by atoms with Crippen molar-refractivity contribution < 1.29 is 4.79 Å². The molecule has 0 unspecified atom stereocenters. The Kier molecular flexibility index (Phi) is 7.26. The molecule has 27 heavy (non-hydrogen) atoms. The predicted octanol–water partition coefficient (Wildman–Crippen LogP) is 4.78. The predicted molar refractivity (Wildman–Crippen MR) is 111 cm³/mol. The van der Waals surface area contributed by atoms with Gasteiger partial charge in [0.25, 0.3) is 5.91 Å². The molecule has 3 rings (SSSR count). The molecule has 2 heterocycles. The Hall–Kier alpha value is -2.36. The van der Waals surface area contributed by atoms with Gasteiger partial charge in [-0.15, -0.1) is 0 Å². The number of carbonyl (C=O) groups is 1. The molecule has 1 amide bonds. The van der Waals surface area contributed by atoms with Crippen molar-refractivity contribution in [1.82, 2.24) is 9.88 Å². The molecular weight excluding hydrogens is 334 g/mol. The fourth-order valence-electron chi connectivity index (χ4n) is 3.73. The van der Waals surface area contributed by atoms with Gasteiger partial charge in [-0.25, -0.2) is 0 Å². The lowest BCUT2D eigenvalue weighted by molar-refractivity contribution is 0.0690. The summed E-state index contributed by atoms with van der Waals surface area (Å²) in [6, 6.07) is 12.6. The number of aromatic nitrogens is 1. The van der Waals surface area contributed by atoms with Gasteiger partial charge in [0.05, 0.1) is 11.3 Å². The third-order valence-corrected chi connectivity index (χ3v) is 5.36. The summed E-state index contributed by atoms with van der Waals surface area (Å²) >= 11 is 0. The van der Waals surface area contributed by atoms with E-state index in [1.165, 1.54) is 18.4 Å². The zero-order valence-electron chi connectivity index (χ0n) is 16.4. The van der Waals surface area contributed by atoms with Gasteiger partial charge < -0.3 is 10.2 Å². The van der Waals surface area contributed by atoms with Gasteiger partial charge in [0.15, 0.2) is 0 Å². The summed E-state index contributed by atoms with van der Waals surface area (Å²) < 4.78 is 0. The zero-order chi connectivity index (χ0) is 18.9. The van der Waals surface area contributed by atoms with Crippen LogP contribution in [0.4, 0.5) is 5.69 Å². The first-order chi connectivity index (χ1) is 13.3. The van der Waals surface area contributed by atoms with Crippen molar-refractivity contribution in [1.29, 1.82) is 0 Å². The van der Waals surface area contributed by atoms with Crippen LogP contribution in [0.2, 0.25) is 0 Å². The van der Waals surface area contributed by atoms with E-state index in [9.17, 15) is 4.79 Å². The lowest BCUT2D eigenvalue weighted by Gasteiger charge is -2.32. The summed E-state index contributed by atoms with van der Waals surface area (Å²) in [4.78, 5) is 19.1. The second-order valence-electron chi connectivity index (χ2n) is 7.52. The van der Waals surface area contributed by atoms with E-state index in [0.717, 1.165) is 51.0 Å². The van der Waals surface area contributed by atoms with E-state index in [1.54, 1.807) is 12.4 Å². The van der Waals surface area contributed by atoms with Gasteiger partial charge >= 0.3 is 0 Å². The van der Waals surface area contributed by atoms with E-state index < -0.39 is 0 Å². The monoisotopic (exact) mass is 365 g/mol. The normalized spacial score (nSPS) is 14.9. The molecule has 2 aromatic rings. The van der Waals surface area contributed by atoms with Crippen LogP contribution in [0.1, 0.15) is 54.9 Å². The molecule has 1 aromatic heterocycles. The van der Waals surface area contributed by atoms with Crippen LogP contribution in [-0.4, -0.2) is 35.4 Å². The van der Waals surface area contributed by atoms with Crippen LogP contribution < -0.4 is 5.32 Å². The summed E-state index contributed by atoms with van der Waals surface area (Å²) in [7, 11) is 0. The highest BCUT2D eigenvalue weighted by atomic mass is 16.2. The van der Waals surface area contributed by atoms with E-state index >= 15 is 0 Å². The summed E-state index contributed by atoms with van der Waals surface area (Å²) in [6.45, 7) is 4.80. The molecule has 1 N–H and O–H groups in total. The second-order valence-corrected chi connectivity index (χ2v) is 7.52. The highest BCUT2D eigenvalue weighted by Gasteiger charge is 2.24. The molecule has 4 heteroatoms. The minimum Gasteiger partial charge on any atom is -0.384 e. The smallest absolute Gasteiger partial charge is 0.255 e. The minimum atomic E-state index is 0.109. The fourth-order valence-corrected chi connectivity index (χ4v) is 3.73. The molecule has 0 aliphatic carbocycles. The molecule has 0 atom stereocenters. The third-order valence-electron chi connectivity index (χ3n) is 5.36. The lowest BCUT2D eigenvalue weighted by atomic mass is 9.90. The number of anilines is 1. The number of benzene rings is 1. The third kappa shape index (κ3) is 5.81. The van der Waals surface area contributed by atoms with Crippen molar-refractivity contribution in [2.75, 3.05) is 25.0 Å². The van der Waals surface area contributed by atoms with E-state index in [2.05, 4.69) is 47.6 Å². The quantitative estimate of drug-likeness (QED) is 0.685. The summed E-state index contributed by atoms with van der Waals surface area (Å²) in [5.74, 6) is 0.777. The molecule has 0 bridgehead atoms. The lowest BCUT2D eigenvalue weighted by Crippen LogP contribution is -2.39. The maximum Gasteiger partial charge on any atom is 0.255 e. The van der Waals surface area contributed by atoms with Gasteiger partial charge in [-0.2, -0.15) is 0 Å². The maximum absolute atomic E-state index is 12.9. The molecule has 0 saturated carbocycles. The number of pyridine rings is 1. The number of unbranched alkanes of at least 4 members (excludes halogenated alkanes) is 2. The van der Waals surface area contributed by atoms with Crippen LogP contribution in [0.5, 0.6) is 0 Å². The maximum atomic E-state index is 12.9. The average Bonchev–Trinajstić information content (AvgIpc) is 2.72. The number of hydrogen-bond donors (Lipinski definition) is 1. The van der Waals surface area contributed by atoms with Gasteiger partial charge in [-0.05, 0) is 43.2 Å². The summed E-state index contributed by atoms with van der Waals surface area (Å²) in [5.41, 5.74) is 3.03. The average molecular weight is 366 g/mol. The number of nitrogens with one attached hydrogen (secondary N) is 1. The topological polar surface area (TPSA) is 45.2 Å². The van der Waals surface area contributed by atoms with Gasteiger partial charge in [0.1, 0.15) is 0 Å². The molecule has 0 spiro atoms. The first kappa shape index (κ1) is 19.4. The fraction of sp³-hybridized carbons (Fsp3) is 0.478. The number of carbonyl (C=O) groups excluding carboxylic acids is 1. The van der Waals surface area contributed by atoms with Crippen molar-refractivity contribution >= 4 is 11.6 Å². The molecule has 1 saturated heterocycles. The number of piperidine rings is 1. The van der Waals surface area contributed by atoms with Crippen LogP contribution in [0.3, 0.4) is 0 Å². The van der Waals surface area contributed by atoms with Crippen LogP contribution >= 0.6 is 0 Å². The number of hydrogen-bond acceptors (Lipinski definition) is 3. The Morgan fingerprint density at radius 3 is 2.67 bits per heavy atom. The van der Waals surface area contributed by atoms with Crippen molar-refractivity contribution in [3.8, 4) is 0 Å². The summed E-state index contributed by atoms with van der Waals surface area (Å²) in [5, 5.41) is 3.38. The van der Waals surface area contributed by atoms with Crippen molar-refractivity contribution in [3.63, 3.8) is 0 Å². The minimum absolute atomic E-state index is 0.109. The Bertz CT molecular complexity index is 709. The van der Waals surface area contributed by atoms with Crippen molar-refractivity contribution in [2.45, 2.75) is 45.4 Å². The van der Waals surface area contributed by atoms with Crippen LogP contribution in [0.25, 0.3) is 0 Å². The number of rotatable bonds is 8. The van der Waals surface area contributed by atoms with E-state index in [0.29, 0.717) is 11.5 Å². The van der Waals surface area contributed by atoms with Crippen LogP contribution in [-0.2, 0) is 6.42 Å². The van der Waals surface area contributed by atoms with Gasteiger partial charge in [0.2, 0.25) is 0 Å². The van der Waals surface area contributed by atoms with Gasteiger partial charge in [-0.3, -0.25) is 9.78 Å². The van der Waals surface area contributed by atoms with Gasteiger partial charge in [0, 0.05) is 32.0 Å². The Morgan fingerprint density at radius 1 is 1.15 bits per heavy atom. The Morgan fingerprint density at radius 2 is 1.93 bits per heavy atom. The Labute approximate surface area is 163 Å². The molecule has 144 valence electrons. The first-order valence-electron chi connectivity index (χ1n) is 10.3. The molecule has 1 fully saturated rings. The number of nitrogens with zero attached hydrogens (tertiary/aromatic N) is 2. The molecule has 4 nitrogen and oxygen atoms in total. The van der Waals surface area contributed by atoms with Gasteiger partial charge in [-0.1, -0.05) is 50.1 Å². The highest BCUT2D eigenvalue weighted by Crippen LogP contribution is 2.23. The molecular formula is C23H31N3O.